The molecule has 2 amide bonds. The molecule has 26 heavy (non-hydrogen) atoms. The van der Waals surface area contributed by atoms with Crippen molar-refractivity contribution in [1.82, 2.24) is 9.88 Å². The van der Waals surface area contributed by atoms with Gasteiger partial charge < -0.3 is 11.1 Å². The van der Waals surface area contributed by atoms with Gasteiger partial charge in [-0.25, -0.2) is 4.98 Å². The summed E-state index contributed by atoms with van der Waals surface area (Å²) in [5.74, 6) is -0.946. The Balaban J connectivity index is 2.00. The molecule has 0 saturated carbocycles. The van der Waals surface area contributed by atoms with E-state index in [-0.39, 0.29) is 29.9 Å². The van der Waals surface area contributed by atoms with Crippen LogP contribution in [0.1, 0.15) is 28.0 Å². The van der Waals surface area contributed by atoms with E-state index < -0.39 is 0 Å². The fraction of sp³-hybridized carbons (Fsp3) is 0.167. The Labute approximate surface area is 150 Å². The van der Waals surface area contributed by atoms with Crippen LogP contribution in [0.5, 0.6) is 0 Å². The van der Waals surface area contributed by atoms with Gasteiger partial charge in [-0.05, 0) is 36.2 Å². The first-order chi connectivity index (χ1) is 12.4. The standard InChI is InChI=1S/C18H18N6O2/c1-24(18(20)21)16(25)8-6-12-3-2-4-14(9-12)23-17(26)15-7-5-13(10-19)11-22-15/h2-5,7,9,11H,6,8H2,1H3,(H3,20,21)(H,23,26). The van der Waals surface area contributed by atoms with Gasteiger partial charge in [-0.2, -0.15) is 5.26 Å². The van der Waals surface area contributed by atoms with Crippen LogP contribution in [0.3, 0.4) is 0 Å². The summed E-state index contributed by atoms with van der Waals surface area (Å²) in [6.45, 7) is 0. The van der Waals surface area contributed by atoms with E-state index in [4.69, 9.17) is 16.4 Å². The van der Waals surface area contributed by atoms with Gasteiger partial charge in [-0.1, -0.05) is 12.1 Å². The van der Waals surface area contributed by atoms with Gasteiger partial charge in [-0.15, -0.1) is 0 Å². The molecule has 4 N–H and O–H groups in total. The quantitative estimate of drug-likeness (QED) is 0.554. The Kier molecular flexibility index (Phi) is 6.01. The van der Waals surface area contributed by atoms with Crippen molar-refractivity contribution in [1.29, 1.82) is 10.7 Å². The molecule has 0 aliphatic carbocycles. The van der Waals surface area contributed by atoms with Gasteiger partial charge in [-0.3, -0.25) is 19.9 Å². The van der Waals surface area contributed by atoms with E-state index >= 15 is 0 Å². The highest BCUT2D eigenvalue weighted by molar-refractivity contribution is 6.02. The topological polar surface area (TPSA) is 136 Å². The Bertz CT molecular complexity index is 870. The molecule has 0 radical (unpaired) electrons. The summed E-state index contributed by atoms with van der Waals surface area (Å²) in [5, 5.41) is 18.7. The smallest absolute Gasteiger partial charge is 0.274 e. The average Bonchev–Trinajstić information content (AvgIpc) is 2.65. The third-order valence-electron chi connectivity index (χ3n) is 3.67. The number of guanidine groups is 1. The normalized spacial score (nSPS) is 9.85. The molecular formula is C18H18N6O2. The zero-order valence-corrected chi connectivity index (χ0v) is 14.2. The van der Waals surface area contributed by atoms with Crippen molar-refractivity contribution < 1.29 is 9.59 Å². The predicted molar refractivity (Wildman–Crippen MR) is 96.4 cm³/mol. The van der Waals surface area contributed by atoms with Gasteiger partial charge in [0.05, 0.1) is 5.56 Å². The van der Waals surface area contributed by atoms with Crippen molar-refractivity contribution in [3.63, 3.8) is 0 Å². The molecule has 1 heterocycles. The maximum absolute atomic E-state index is 12.2. The first kappa shape index (κ1) is 18.6. The van der Waals surface area contributed by atoms with Crippen molar-refractivity contribution in [2.45, 2.75) is 12.8 Å². The molecule has 0 aliphatic rings. The van der Waals surface area contributed by atoms with Gasteiger partial charge in [0.1, 0.15) is 11.8 Å². The zero-order chi connectivity index (χ0) is 19.1. The van der Waals surface area contributed by atoms with Crippen molar-refractivity contribution >= 4 is 23.5 Å². The lowest BCUT2D eigenvalue weighted by Gasteiger charge is -2.14. The van der Waals surface area contributed by atoms with E-state index in [0.29, 0.717) is 17.7 Å². The number of carbonyl (C=O) groups excluding carboxylic acids is 2. The SMILES string of the molecule is CN(C(=N)N)C(=O)CCc1cccc(NC(=O)c2ccc(C#N)cn2)c1. The number of hydrogen-bond acceptors (Lipinski definition) is 5. The van der Waals surface area contributed by atoms with Gasteiger partial charge >= 0.3 is 0 Å². The number of pyridine rings is 1. The molecular weight excluding hydrogens is 332 g/mol. The molecule has 8 nitrogen and oxygen atoms in total. The highest BCUT2D eigenvalue weighted by atomic mass is 16.2. The Morgan fingerprint density at radius 1 is 1.35 bits per heavy atom. The summed E-state index contributed by atoms with van der Waals surface area (Å²) < 4.78 is 0. The van der Waals surface area contributed by atoms with Gasteiger partial charge in [0.2, 0.25) is 5.91 Å². The molecule has 8 heteroatoms. The second-order valence-corrected chi connectivity index (χ2v) is 5.54. The largest absolute Gasteiger partial charge is 0.370 e. The van der Waals surface area contributed by atoms with E-state index in [0.717, 1.165) is 10.5 Å². The van der Waals surface area contributed by atoms with E-state index in [9.17, 15) is 9.59 Å². The summed E-state index contributed by atoms with van der Waals surface area (Å²) in [5.41, 5.74) is 7.29. The summed E-state index contributed by atoms with van der Waals surface area (Å²) in [6.07, 6.45) is 1.99. The first-order valence-electron chi connectivity index (χ1n) is 7.77. The monoisotopic (exact) mass is 350 g/mol. The number of aryl methyl sites for hydroxylation is 1. The minimum Gasteiger partial charge on any atom is -0.370 e. The lowest BCUT2D eigenvalue weighted by Crippen LogP contribution is -2.38. The lowest BCUT2D eigenvalue weighted by molar-refractivity contribution is -0.126. The van der Waals surface area contributed by atoms with Crippen LogP contribution in [0.4, 0.5) is 5.69 Å². The van der Waals surface area contributed by atoms with E-state index in [1.807, 2.05) is 12.1 Å². The van der Waals surface area contributed by atoms with E-state index in [1.54, 1.807) is 18.2 Å². The van der Waals surface area contributed by atoms with Gasteiger partial charge in [0, 0.05) is 25.4 Å². The number of nitrogens with two attached hydrogens (primary N) is 1. The van der Waals surface area contributed by atoms with Crippen LogP contribution in [0, 0.1) is 16.7 Å². The number of nitriles is 1. The number of benzene rings is 1. The molecule has 0 bridgehead atoms. The lowest BCUT2D eigenvalue weighted by atomic mass is 10.1. The molecule has 2 aromatic rings. The Morgan fingerprint density at radius 2 is 2.12 bits per heavy atom. The second kappa shape index (κ2) is 8.39. The second-order valence-electron chi connectivity index (χ2n) is 5.54. The van der Waals surface area contributed by atoms with Crippen LogP contribution < -0.4 is 11.1 Å². The zero-order valence-electron chi connectivity index (χ0n) is 14.2. The number of carbonyl (C=O) groups is 2. The number of nitrogens with zero attached hydrogens (tertiary/aromatic N) is 3. The van der Waals surface area contributed by atoms with Crippen LogP contribution in [-0.4, -0.2) is 34.7 Å². The molecule has 0 fully saturated rings. The molecule has 0 atom stereocenters. The van der Waals surface area contributed by atoms with Crippen molar-refractivity contribution in [2.24, 2.45) is 5.73 Å². The maximum Gasteiger partial charge on any atom is 0.274 e. The van der Waals surface area contributed by atoms with E-state index in [1.165, 1.54) is 25.4 Å². The summed E-state index contributed by atoms with van der Waals surface area (Å²) in [7, 11) is 1.45. The minimum absolute atomic E-state index is 0.199. The Morgan fingerprint density at radius 3 is 2.73 bits per heavy atom. The van der Waals surface area contributed by atoms with Crippen LogP contribution >= 0.6 is 0 Å². The average molecular weight is 350 g/mol. The highest BCUT2D eigenvalue weighted by Crippen LogP contribution is 2.14. The van der Waals surface area contributed by atoms with Crippen molar-refractivity contribution in [3.8, 4) is 6.07 Å². The van der Waals surface area contributed by atoms with Crippen molar-refractivity contribution in [3.05, 3.63) is 59.4 Å². The summed E-state index contributed by atoms with van der Waals surface area (Å²) in [6, 6.07) is 12.1. The van der Waals surface area contributed by atoms with Gasteiger partial charge in [0.15, 0.2) is 5.96 Å². The van der Waals surface area contributed by atoms with Crippen LogP contribution in [-0.2, 0) is 11.2 Å². The number of nitrogens with one attached hydrogen (secondary N) is 2. The molecule has 0 aliphatic heterocycles. The van der Waals surface area contributed by atoms with E-state index in [2.05, 4.69) is 10.3 Å². The number of rotatable bonds is 5. The molecule has 0 unspecified atom stereocenters. The molecule has 2 rings (SSSR count). The fourth-order valence-electron chi connectivity index (χ4n) is 2.15. The third kappa shape index (κ3) is 4.88. The number of amides is 2. The Hall–Kier alpha value is -3.73. The van der Waals surface area contributed by atoms with Crippen LogP contribution in [0.15, 0.2) is 42.6 Å². The first-order valence-corrected chi connectivity index (χ1v) is 7.77. The molecule has 1 aromatic heterocycles. The fourth-order valence-corrected chi connectivity index (χ4v) is 2.15. The highest BCUT2D eigenvalue weighted by Gasteiger charge is 2.12. The number of hydrogen-bond donors (Lipinski definition) is 3. The van der Waals surface area contributed by atoms with Crippen LogP contribution in [0.25, 0.3) is 0 Å². The minimum atomic E-state index is -0.390. The summed E-state index contributed by atoms with van der Waals surface area (Å²) >= 11 is 0. The van der Waals surface area contributed by atoms with Crippen LogP contribution in [0.2, 0.25) is 0 Å². The summed E-state index contributed by atoms with van der Waals surface area (Å²) in [4.78, 5) is 29.1. The number of anilines is 1. The predicted octanol–water partition coefficient (Wildman–Crippen LogP) is 1.49. The molecule has 1 aromatic carbocycles. The molecule has 0 saturated heterocycles. The van der Waals surface area contributed by atoms with Crippen molar-refractivity contribution in [2.75, 3.05) is 12.4 Å². The maximum atomic E-state index is 12.2. The van der Waals surface area contributed by atoms with Gasteiger partial charge in [0.25, 0.3) is 5.91 Å². The number of aromatic nitrogens is 1. The third-order valence-corrected chi connectivity index (χ3v) is 3.67. The molecule has 132 valence electrons. The molecule has 0 spiro atoms.